The topological polar surface area (TPSA) is 38.0 Å². The van der Waals surface area contributed by atoms with Crippen molar-refractivity contribution in [2.45, 2.75) is 18.9 Å². The lowest BCUT2D eigenvalue weighted by atomic mass is 9.82. The molecule has 0 aromatic heterocycles. The SMILES string of the molecule is NC1CNCC2=C1CC2. The van der Waals surface area contributed by atoms with Crippen LogP contribution in [0.4, 0.5) is 0 Å². The summed E-state index contributed by atoms with van der Waals surface area (Å²) in [5.74, 6) is 0. The third-order valence-corrected chi connectivity index (χ3v) is 2.30. The van der Waals surface area contributed by atoms with Crippen molar-refractivity contribution >= 4 is 0 Å². The molecule has 2 heteroatoms. The highest BCUT2D eigenvalue weighted by atomic mass is 14.9. The smallest absolute Gasteiger partial charge is 0.0384 e. The van der Waals surface area contributed by atoms with Crippen molar-refractivity contribution in [3.8, 4) is 0 Å². The minimum absolute atomic E-state index is 0.336. The van der Waals surface area contributed by atoms with Crippen LogP contribution < -0.4 is 11.1 Å². The Labute approximate surface area is 55.1 Å². The van der Waals surface area contributed by atoms with Crippen molar-refractivity contribution in [2.24, 2.45) is 5.73 Å². The molecule has 2 aliphatic rings. The van der Waals surface area contributed by atoms with Crippen molar-refractivity contribution in [3.63, 3.8) is 0 Å². The lowest BCUT2D eigenvalue weighted by Crippen LogP contribution is -2.44. The van der Waals surface area contributed by atoms with E-state index in [-0.39, 0.29) is 0 Å². The number of hydrogen-bond donors (Lipinski definition) is 2. The molecule has 3 N–H and O–H groups in total. The Morgan fingerprint density at radius 3 is 2.78 bits per heavy atom. The molecule has 50 valence electrons. The second-order valence-corrected chi connectivity index (χ2v) is 2.87. The fourth-order valence-corrected chi connectivity index (χ4v) is 1.60. The maximum absolute atomic E-state index is 5.80. The average Bonchev–Trinajstić information content (AvgIpc) is 1.74. The third-order valence-electron chi connectivity index (χ3n) is 2.30. The van der Waals surface area contributed by atoms with E-state index in [4.69, 9.17) is 5.73 Å². The number of nitrogens with one attached hydrogen (secondary N) is 1. The first-order valence-electron chi connectivity index (χ1n) is 3.55. The predicted molar refractivity (Wildman–Crippen MR) is 37.1 cm³/mol. The van der Waals surface area contributed by atoms with Gasteiger partial charge in [-0.25, -0.2) is 0 Å². The first-order valence-corrected chi connectivity index (χ1v) is 3.55. The molecular formula is C7H12N2. The lowest BCUT2D eigenvalue weighted by Gasteiger charge is -2.33. The molecule has 1 aliphatic carbocycles. The zero-order valence-corrected chi connectivity index (χ0v) is 5.48. The van der Waals surface area contributed by atoms with E-state index in [9.17, 15) is 0 Å². The van der Waals surface area contributed by atoms with Gasteiger partial charge in [-0.2, -0.15) is 0 Å². The second kappa shape index (κ2) is 1.82. The third kappa shape index (κ3) is 0.705. The molecule has 0 amide bonds. The summed E-state index contributed by atoms with van der Waals surface area (Å²) in [6.45, 7) is 2.09. The number of nitrogens with two attached hydrogens (primary N) is 1. The van der Waals surface area contributed by atoms with Crippen LogP contribution in [0.1, 0.15) is 12.8 Å². The summed E-state index contributed by atoms with van der Waals surface area (Å²) in [4.78, 5) is 0. The molecule has 0 aromatic carbocycles. The summed E-state index contributed by atoms with van der Waals surface area (Å²) in [6.07, 6.45) is 2.55. The fourth-order valence-electron chi connectivity index (χ4n) is 1.60. The first-order chi connectivity index (χ1) is 4.38. The molecule has 1 heterocycles. The van der Waals surface area contributed by atoms with E-state index in [0.717, 1.165) is 13.1 Å². The van der Waals surface area contributed by atoms with Crippen LogP contribution in [0, 0.1) is 0 Å². The number of hydrogen-bond acceptors (Lipinski definition) is 2. The predicted octanol–water partition coefficient (Wildman–Crippen LogP) is 0.00730. The van der Waals surface area contributed by atoms with Gasteiger partial charge in [0.2, 0.25) is 0 Å². The zero-order valence-electron chi connectivity index (χ0n) is 5.48. The van der Waals surface area contributed by atoms with Crippen LogP contribution in [0.25, 0.3) is 0 Å². The Morgan fingerprint density at radius 2 is 2.33 bits per heavy atom. The molecule has 1 aliphatic heterocycles. The molecule has 0 bridgehead atoms. The molecule has 0 fully saturated rings. The van der Waals surface area contributed by atoms with E-state index in [2.05, 4.69) is 5.32 Å². The maximum Gasteiger partial charge on any atom is 0.0384 e. The number of rotatable bonds is 0. The minimum Gasteiger partial charge on any atom is -0.323 e. The summed E-state index contributed by atoms with van der Waals surface area (Å²) in [6, 6.07) is 0.336. The van der Waals surface area contributed by atoms with Crippen LogP contribution in [-0.2, 0) is 0 Å². The monoisotopic (exact) mass is 124 g/mol. The molecule has 2 nitrogen and oxygen atoms in total. The van der Waals surface area contributed by atoms with Gasteiger partial charge >= 0.3 is 0 Å². The van der Waals surface area contributed by atoms with Gasteiger partial charge in [0.05, 0.1) is 0 Å². The Balaban J connectivity index is 2.22. The standard InChI is InChI=1S/C7H12N2/c8-7-4-9-3-5-1-2-6(5)7/h7,9H,1-4,8H2. The fraction of sp³-hybridized carbons (Fsp3) is 0.714. The summed E-state index contributed by atoms with van der Waals surface area (Å²) < 4.78 is 0. The highest BCUT2D eigenvalue weighted by molar-refractivity contribution is 5.32. The molecule has 1 atom stereocenters. The molecule has 9 heavy (non-hydrogen) atoms. The van der Waals surface area contributed by atoms with E-state index in [1.54, 1.807) is 5.57 Å². The summed E-state index contributed by atoms with van der Waals surface area (Å²) in [7, 11) is 0. The highest BCUT2D eigenvalue weighted by Gasteiger charge is 2.25. The van der Waals surface area contributed by atoms with Crippen LogP contribution in [-0.4, -0.2) is 19.1 Å². The molecule has 0 aromatic rings. The van der Waals surface area contributed by atoms with Gasteiger partial charge in [0.1, 0.15) is 0 Å². The van der Waals surface area contributed by atoms with Gasteiger partial charge in [-0.15, -0.1) is 0 Å². The van der Waals surface area contributed by atoms with Crippen molar-refractivity contribution in [3.05, 3.63) is 11.1 Å². The van der Waals surface area contributed by atoms with E-state index >= 15 is 0 Å². The zero-order chi connectivity index (χ0) is 6.27. The maximum atomic E-state index is 5.80. The molecular weight excluding hydrogens is 112 g/mol. The molecule has 0 saturated heterocycles. The summed E-state index contributed by atoms with van der Waals surface area (Å²) >= 11 is 0. The Hall–Kier alpha value is -0.340. The van der Waals surface area contributed by atoms with Gasteiger partial charge in [-0.1, -0.05) is 11.1 Å². The second-order valence-electron chi connectivity index (χ2n) is 2.87. The Morgan fingerprint density at radius 1 is 1.44 bits per heavy atom. The Bertz CT molecular complexity index is 160. The largest absolute Gasteiger partial charge is 0.323 e. The average molecular weight is 124 g/mol. The van der Waals surface area contributed by atoms with E-state index in [1.807, 2.05) is 0 Å². The van der Waals surface area contributed by atoms with E-state index in [0.29, 0.717) is 6.04 Å². The summed E-state index contributed by atoms with van der Waals surface area (Å²) in [5, 5.41) is 3.28. The van der Waals surface area contributed by atoms with Gasteiger partial charge in [-0.05, 0) is 12.8 Å². The molecule has 0 saturated carbocycles. The van der Waals surface area contributed by atoms with Crippen LogP contribution in [0.3, 0.4) is 0 Å². The highest BCUT2D eigenvalue weighted by Crippen LogP contribution is 2.30. The lowest BCUT2D eigenvalue weighted by molar-refractivity contribution is 0.528. The van der Waals surface area contributed by atoms with Crippen LogP contribution in [0.5, 0.6) is 0 Å². The Kier molecular flexibility index (Phi) is 1.10. The van der Waals surface area contributed by atoms with Crippen LogP contribution in [0.2, 0.25) is 0 Å². The molecule has 0 radical (unpaired) electrons. The van der Waals surface area contributed by atoms with Crippen LogP contribution >= 0.6 is 0 Å². The quantitative estimate of drug-likeness (QED) is 0.446. The first kappa shape index (κ1) is 5.45. The van der Waals surface area contributed by atoms with Gasteiger partial charge in [0, 0.05) is 19.1 Å². The van der Waals surface area contributed by atoms with Gasteiger partial charge < -0.3 is 11.1 Å². The van der Waals surface area contributed by atoms with Crippen molar-refractivity contribution in [1.82, 2.24) is 5.32 Å². The van der Waals surface area contributed by atoms with E-state index in [1.165, 1.54) is 18.4 Å². The van der Waals surface area contributed by atoms with Gasteiger partial charge in [0.15, 0.2) is 0 Å². The van der Waals surface area contributed by atoms with Gasteiger partial charge in [0.25, 0.3) is 0 Å². The van der Waals surface area contributed by atoms with Crippen LogP contribution in [0.15, 0.2) is 11.1 Å². The van der Waals surface area contributed by atoms with Crippen molar-refractivity contribution in [2.75, 3.05) is 13.1 Å². The minimum atomic E-state index is 0.336. The van der Waals surface area contributed by atoms with Gasteiger partial charge in [-0.3, -0.25) is 0 Å². The molecule has 1 unspecified atom stereocenters. The van der Waals surface area contributed by atoms with Crippen molar-refractivity contribution < 1.29 is 0 Å². The molecule has 2 rings (SSSR count). The van der Waals surface area contributed by atoms with Crippen molar-refractivity contribution in [1.29, 1.82) is 0 Å². The summed E-state index contributed by atoms with van der Waals surface area (Å²) in [5.41, 5.74) is 8.91. The molecule has 0 spiro atoms. The normalized spacial score (nSPS) is 33.7. The van der Waals surface area contributed by atoms with E-state index < -0.39 is 0 Å².